The van der Waals surface area contributed by atoms with E-state index in [-0.39, 0.29) is 6.42 Å². The Bertz CT molecular complexity index is 497. The van der Waals surface area contributed by atoms with Crippen LogP contribution in [-0.4, -0.2) is 17.6 Å². The number of nitrogens with zero attached hydrogens (tertiary/aromatic N) is 1. The summed E-state index contributed by atoms with van der Waals surface area (Å²) in [6.45, 7) is 2.81. The van der Waals surface area contributed by atoms with Gasteiger partial charge in [0.15, 0.2) is 0 Å². The van der Waals surface area contributed by atoms with Crippen molar-refractivity contribution in [3.8, 4) is 6.07 Å². The summed E-state index contributed by atoms with van der Waals surface area (Å²) in [6, 6.07) is 7.18. The fraction of sp³-hybridized carbons (Fsp3) is 0.467. The molecule has 1 atom stereocenters. The first-order valence-electron chi connectivity index (χ1n) is 6.72. The van der Waals surface area contributed by atoms with E-state index in [0.717, 1.165) is 25.1 Å². The molecule has 0 saturated carbocycles. The van der Waals surface area contributed by atoms with Crippen LogP contribution in [0, 0.1) is 17.2 Å². The highest BCUT2D eigenvalue weighted by atomic mass is 35.5. The maximum absolute atomic E-state index is 10.6. The number of anilines is 1. The van der Waals surface area contributed by atoms with E-state index in [1.54, 1.807) is 18.2 Å². The first-order valence-corrected chi connectivity index (χ1v) is 7.10. The maximum Gasteiger partial charge on any atom is 0.303 e. The van der Waals surface area contributed by atoms with Crippen LogP contribution in [0.2, 0.25) is 5.02 Å². The fourth-order valence-corrected chi connectivity index (χ4v) is 2.27. The summed E-state index contributed by atoms with van der Waals surface area (Å²) in [4.78, 5) is 10.6. The van der Waals surface area contributed by atoms with Crippen LogP contribution in [0.1, 0.15) is 38.2 Å². The Kier molecular flexibility index (Phi) is 6.89. The third kappa shape index (κ3) is 5.50. The number of carboxylic acids is 1. The molecule has 0 bridgehead atoms. The molecule has 4 nitrogen and oxygen atoms in total. The number of carbonyl (C=O) groups is 1. The Morgan fingerprint density at radius 3 is 2.80 bits per heavy atom. The lowest BCUT2D eigenvalue weighted by molar-refractivity contribution is -0.137. The van der Waals surface area contributed by atoms with E-state index in [0.29, 0.717) is 22.9 Å². The van der Waals surface area contributed by atoms with Crippen molar-refractivity contribution in [1.82, 2.24) is 0 Å². The monoisotopic (exact) mass is 294 g/mol. The van der Waals surface area contributed by atoms with Crippen molar-refractivity contribution in [3.63, 3.8) is 0 Å². The van der Waals surface area contributed by atoms with E-state index >= 15 is 0 Å². The number of hydrogen-bond acceptors (Lipinski definition) is 3. The molecule has 1 aromatic carbocycles. The standard InChI is InChI=1S/C15H19ClN2O2/c1-2-11(4-6-15(19)20)7-8-18-14-5-3-12(10-17)9-13(14)16/h3,5,9,11,18H,2,4,6-8H2,1H3,(H,19,20). The molecule has 0 radical (unpaired) electrons. The summed E-state index contributed by atoms with van der Waals surface area (Å²) in [7, 11) is 0. The van der Waals surface area contributed by atoms with Gasteiger partial charge in [-0.15, -0.1) is 0 Å². The van der Waals surface area contributed by atoms with Crippen molar-refractivity contribution >= 4 is 23.3 Å². The Balaban J connectivity index is 2.43. The van der Waals surface area contributed by atoms with Crippen molar-refractivity contribution in [2.24, 2.45) is 5.92 Å². The average molecular weight is 295 g/mol. The minimum Gasteiger partial charge on any atom is -0.481 e. The topological polar surface area (TPSA) is 73.1 Å². The number of hydrogen-bond donors (Lipinski definition) is 2. The molecule has 0 amide bonds. The number of rotatable bonds is 8. The minimum absolute atomic E-state index is 0.218. The molecular formula is C15H19ClN2O2. The van der Waals surface area contributed by atoms with Crippen LogP contribution in [-0.2, 0) is 4.79 Å². The second-order valence-corrected chi connectivity index (χ2v) is 5.14. The van der Waals surface area contributed by atoms with E-state index in [1.165, 1.54) is 0 Å². The first-order chi connectivity index (χ1) is 9.56. The molecule has 5 heteroatoms. The maximum atomic E-state index is 10.6. The second-order valence-electron chi connectivity index (χ2n) is 4.73. The molecule has 0 heterocycles. The average Bonchev–Trinajstić information content (AvgIpc) is 2.43. The third-order valence-corrected chi connectivity index (χ3v) is 3.62. The molecule has 0 aliphatic rings. The lowest BCUT2D eigenvalue weighted by atomic mass is 9.96. The number of benzene rings is 1. The summed E-state index contributed by atoms with van der Waals surface area (Å²) in [5.41, 5.74) is 1.34. The van der Waals surface area contributed by atoms with Crippen molar-refractivity contribution in [1.29, 1.82) is 5.26 Å². The lowest BCUT2D eigenvalue weighted by Crippen LogP contribution is -2.10. The SMILES string of the molecule is CCC(CCNc1ccc(C#N)cc1Cl)CCC(=O)O. The zero-order valence-electron chi connectivity index (χ0n) is 11.5. The van der Waals surface area contributed by atoms with Crippen LogP contribution in [0.5, 0.6) is 0 Å². The minimum atomic E-state index is -0.744. The molecule has 108 valence electrons. The van der Waals surface area contributed by atoms with E-state index in [1.807, 2.05) is 6.07 Å². The number of aliphatic carboxylic acids is 1. The number of halogens is 1. The molecule has 0 saturated heterocycles. The molecule has 0 aliphatic heterocycles. The molecule has 1 unspecified atom stereocenters. The van der Waals surface area contributed by atoms with Gasteiger partial charge in [0.05, 0.1) is 22.3 Å². The van der Waals surface area contributed by atoms with Gasteiger partial charge in [-0.3, -0.25) is 4.79 Å². The summed E-state index contributed by atoms with van der Waals surface area (Å²) in [6.07, 6.45) is 2.79. The van der Waals surface area contributed by atoms with Crippen LogP contribution >= 0.6 is 11.6 Å². The van der Waals surface area contributed by atoms with Crippen LogP contribution in [0.4, 0.5) is 5.69 Å². The van der Waals surface area contributed by atoms with Gasteiger partial charge in [-0.05, 0) is 37.0 Å². The number of nitrogens with one attached hydrogen (secondary N) is 1. The molecule has 0 fully saturated rings. The van der Waals surface area contributed by atoms with Gasteiger partial charge < -0.3 is 10.4 Å². The molecule has 0 spiro atoms. The van der Waals surface area contributed by atoms with Gasteiger partial charge in [-0.25, -0.2) is 0 Å². The normalized spacial score (nSPS) is 11.7. The van der Waals surface area contributed by atoms with Crippen molar-refractivity contribution < 1.29 is 9.90 Å². The predicted octanol–water partition coefficient (Wildman–Crippen LogP) is 3.90. The molecular weight excluding hydrogens is 276 g/mol. The molecule has 0 aromatic heterocycles. The molecule has 0 aliphatic carbocycles. The van der Waals surface area contributed by atoms with E-state index < -0.39 is 5.97 Å². The van der Waals surface area contributed by atoms with Gasteiger partial charge in [0.1, 0.15) is 0 Å². The highest BCUT2D eigenvalue weighted by molar-refractivity contribution is 6.33. The Morgan fingerprint density at radius 1 is 1.50 bits per heavy atom. The zero-order valence-corrected chi connectivity index (χ0v) is 12.3. The van der Waals surface area contributed by atoms with Gasteiger partial charge in [-0.2, -0.15) is 5.26 Å². The quantitative estimate of drug-likeness (QED) is 0.762. The number of carboxylic acid groups (broad SMARTS) is 1. The van der Waals surface area contributed by atoms with Gasteiger partial charge in [0, 0.05) is 13.0 Å². The summed E-state index contributed by atoms with van der Waals surface area (Å²) >= 11 is 6.07. The second kappa shape index (κ2) is 8.44. The van der Waals surface area contributed by atoms with Crippen LogP contribution < -0.4 is 5.32 Å². The summed E-state index contributed by atoms with van der Waals surface area (Å²) in [5.74, 6) is -0.345. The molecule has 1 aromatic rings. The smallest absolute Gasteiger partial charge is 0.303 e. The third-order valence-electron chi connectivity index (χ3n) is 3.31. The summed E-state index contributed by atoms with van der Waals surface area (Å²) < 4.78 is 0. The predicted molar refractivity (Wildman–Crippen MR) is 79.9 cm³/mol. The van der Waals surface area contributed by atoms with E-state index in [9.17, 15) is 4.79 Å². The highest BCUT2D eigenvalue weighted by Gasteiger charge is 2.09. The van der Waals surface area contributed by atoms with E-state index in [4.69, 9.17) is 22.0 Å². The molecule has 2 N–H and O–H groups in total. The lowest BCUT2D eigenvalue weighted by Gasteiger charge is -2.15. The van der Waals surface area contributed by atoms with Crippen LogP contribution in [0.15, 0.2) is 18.2 Å². The Labute approximate surface area is 124 Å². The fourth-order valence-electron chi connectivity index (χ4n) is 2.02. The van der Waals surface area contributed by atoms with Gasteiger partial charge in [-0.1, -0.05) is 24.9 Å². The first kappa shape index (κ1) is 16.3. The number of nitriles is 1. The zero-order chi connectivity index (χ0) is 15.0. The highest BCUT2D eigenvalue weighted by Crippen LogP contribution is 2.23. The largest absolute Gasteiger partial charge is 0.481 e. The van der Waals surface area contributed by atoms with Gasteiger partial charge in [0.25, 0.3) is 0 Å². The van der Waals surface area contributed by atoms with Crippen LogP contribution in [0.25, 0.3) is 0 Å². The van der Waals surface area contributed by atoms with Crippen molar-refractivity contribution in [2.45, 2.75) is 32.6 Å². The Morgan fingerprint density at radius 2 is 2.25 bits per heavy atom. The summed E-state index contributed by atoms with van der Waals surface area (Å²) in [5, 5.41) is 21.2. The molecule has 1 rings (SSSR count). The van der Waals surface area contributed by atoms with Crippen molar-refractivity contribution in [3.05, 3.63) is 28.8 Å². The van der Waals surface area contributed by atoms with Gasteiger partial charge in [0.2, 0.25) is 0 Å². The molecule has 20 heavy (non-hydrogen) atoms. The van der Waals surface area contributed by atoms with Crippen molar-refractivity contribution in [2.75, 3.05) is 11.9 Å². The Hall–Kier alpha value is -1.73. The van der Waals surface area contributed by atoms with Crippen LogP contribution in [0.3, 0.4) is 0 Å². The van der Waals surface area contributed by atoms with E-state index in [2.05, 4.69) is 12.2 Å². The van der Waals surface area contributed by atoms with Gasteiger partial charge >= 0.3 is 5.97 Å².